The summed E-state index contributed by atoms with van der Waals surface area (Å²) in [5.74, 6) is -1.34. The maximum absolute atomic E-state index is 10.9. The molecule has 1 rings (SSSR count). The van der Waals surface area contributed by atoms with Gasteiger partial charge in [0.2, 0.25) is 5.15 Å². The summed E-state index contributed by atoms with van der Waals surface area (Å²) in [6.45, 7) is 0. The third-order valence-electron chi connectivity index (χ3n) is 1.12. The van der Waals surface area contributed by atoms with Gasteiger partial charge in [0.15, 0.2) is 5.15 Å². The van der Waals surface area contributed by atoms with Gasteiger partial charge in [-0.2, -0.15) is 0 Å². The molecule has 5 nitrogen and oxygen atoms in total. The van der Waals surface area contributed by atoms with E-state index in [0.717, 1.165) is 7.11 Å². The minimum atomic E-state index is -0.938. The lowest BCUT2D eigenvalue weighted by Crippen LogP contribution is -2.11. The smallest absolute Gasteiger partial charge is 0.377 e. The van der Waals surface area contributed by atoms with Crippen LogP contribution in [0.3, 0.4) is 0 Å². The molecule has 7 heteroatoms. The Morgan fingerprint density at radius 1 is 1.46 bits per heavy atom. The SMILES string of the molecule is COC(=O)c1oc(=O)c(Cl)nc1Cl. The summed E-state index contributed by atoms with van der Waals surface area (Å²) < 4.78 is 8.71. The fraction of sp³-hybridized carbons (Fsp3) is 0.167. The summed E-state index contributed by atoms with van der Waals surface area (Å²) in [5, 5.41) is -0.742. The maximum atomic E-state index is 10.9. The second-order valence-electron chi connectivity index (χ2n) is 1.90. The van der Waals surface area contributed by atoms with E-state index in [4.69, 9.17) is 23.2 Å². The van der Waals surface area contributed by atoms with Crippen molar-refractivity contribution >= 4 is 29.2 Å². The zero-order chi connectivity index (χ0) is 10.0. The molecule has 0 atom stereocenters. The number of ether oxygens (including phenoxy) is 1. The fourth-order valence-corrected chi connectivity index (χ4v) is 0.945. The van der Waals surface area contributed by atoms with Gasteiger partial charge in [0.1, 0.15) is 0 Å². The van der Waals surface area contributed by atoms with E-state index < -0.39 is 22.5 Å². The summed E-state index contributed by atoms with van der Waals surface area (Å²) in [4.78, 5) is 25.0. The predicted molar refractivity (Wildman–Crippen MR) is 44.1 cm³/mol. The zero-order valence-corrected chi connectivity index (χ0v) is 7.85. The molecule has 0 fully saturated rings. The molecule has 0 radical (unpaired) electrons. The summed E-state index contributed by atoms with van der Waals surface area (Å²) in [6, 6.07) is 0. The number of methoxy groups -OCH3 is 1. The molecule has 1 aromatic rings. The topological polar surface area (TPSA) is 69.4 Å². The molecular weight excluding hydrogens is 221 g/mol. The molecule has 0 amide bonds. The molecule has 0 aromatic carbocycles. The first-order valence-electron chi connectivity index (χ1n) is 3.00. The van der Waals surface area contributed by atoms with Gasteiger partial charge in [-0.3, -0.25) is 0 Å². The Kier molecular flexibility index (Phi) is 2.90. The molecule has 13 heavy (non-hydrogen) atoms. The van der Waals surface area contributed by atoms with Gasteiger partial charge >= 0.3 is 11.6 Å². The minimum Gasteiger partial charge on any atom is -0.463 e. The Morgan fingerprint density at radius 3 is 2.62 bits per heavy atom. The molecule has 1 heterocycles. The molecule has 0 aliphatic rings. The molecule has 1 aromatic heterocycles. The van der Waals surface area contributed by atoms with Gasteiger partial charge < -0.3 is 9.15 Å². The summed E-state index contributed by atoms with van der Waals surface area (Å²) >= 11 is 10.7. The number of hydrogen-bond acceptors (Lipinski definition) is 5. The van der Waals surface area contributed by atoms with E-state index in [2.05, 4.69) is 14.1 Å². The van der Waals surface area contributed by atoms with Crippen LogP contribution in [0.2, 0.25) is 10.3 Å². The molecule has 0 aliphatic carbocycles. The number of aromatic nitrogens is 1. The lowest BCUT2D eigenvalue weighted by molar-refractivity contribution is 0.0559. The van der Waals surface area contributed by atoms with Crippen molar-refractivity contribution in [2.24, 2.45) is 0 Å². The largest absolute Gasteiger partial charge is 0.463 e. The monoisotopic (exact) mass is 223 g/mol. The highest BCUT2D eigenvalue weighted by molar-refractivity contribution is 6.33. The van der Waals surface area contributed by atoms with E-state index >= 15 is 0 Å². The van der Waals surface area contributed by atoms with Gasteiger partial charge in [0, 0.05) is 0 Å². The second kappa shape index (κ2) is 3.76. The number of halogens is 2. The normalized spacial score (nSPS) is 9.77. The highest BCUT2D eigenvalue weighted by Crippen LogP contribution is 2.13. The Hall–Kier alpha value is -1.07. The van der Waals surface area contributed by atoms with E-state index in [9.17, 15) is 9.59 Å². The van der Waals surface area contributed by atoms with Crippen molar-refractivity contribution in [3.05, 3.63) is 26.5 Å². The van der Waals surface area contributed by atoms with Gasteiger partial charge in [0.05, 0.1) is 7.11 Å². The molecule has 0 bridgehead atoms. The van der Waals surface area contributed by atoms with Crippen LogP contribution in [-0.4, -0.2) is 18.1 Å². The Morgan fingerprint density at radius 2 is 2.08 bits per heavy atom. The van der Waals surface area contributed by atoms with E-state index in [0.29, 0.717) is 0 Å². The quantitative estimate of drug-likeness (QED) is 0.668. The van der Waals surface area contributed by atoms with E-state index in [1.165, 1.54) is 0 Å². The van der Waals surface area contributed by atoms with Crippen molar-refractivity contribution in [3.8, 4) is 0 Å². The van der Waals surface area contributed by atoms with E-state index in [1.807, 2.05) is 0 Å². The summed E-state index contributed by atoms with van der Waals surface area (Å²) in [7, 11) is 1.12. The van der Waals surface area contributed by atoms with Gasteiger partial charge in [0.25, 0.3) is 5.76 Å². The molecule has 0 unspecified atom stereocenters. The first kappa shape index (κ1) is 10.0. The van der Waals surface area contributed by atoms with Crippen LogP contribution < -0.4 is 5.63 Å². The molecule has 0 aliphatic heterocycles. The van der Waals surface area contributed by atoms with Crippen LogP contribution in [0.1, 0.15) is 10.6 Å². The first-order chi connectivity index (χ1) is 6.06. The van der Waals surface area contributed by atoms with Crippen molar-refractivity contribution in [3.63, 3.8) is 0 Å². The number of esters is 1. The summed E-state index contributed by atoms with van der Waals surface area (Å²) in [5.41, 5.74) is -0.938. The van der Waals surface area contributed by atoms with E-state index in [-0.39, 0.29) is 5.15 Å². The minimum absolute atomic E-state index is 0.309. The van der Waals surface area contributed by atoms with Crippen molar-refractivity contribution in [1.29, 1.82) is 0 Å². The van der Waals surface area contributed by atoms with E-state index in [1.54, 1.807) is 0 Å². The van der Waals surface area contributed by atoms with Crippen molar-refractivity contribution in [2.45, 2.75) is 0 Å². The average molecular weight is 224 g/mol. The van der Waals surface area contributed by atoms with Crippen molar-refractivity contribution in [2.75, 3.05) is 7.11 Å². The van der Waals surface area contributed by atoms with Crippen LogP contribution in [0, 0.1) is 0 Å². The lowest BCUT2D eigenvalue weighted by Gasteiger charge is -1.98. The molecule has 0 saturated carbocycles. The van der Waals surface area contributed by atoms with Crippen LogP contribution in [0.25, 0.3) is 0 Å². The predicted octanol–water partition coefficient (Wildman–Crippen LogP) is 1.13. The van der Waals surface area contributed by atoms with Gasteiger partial charge in [-0.1, -0.05) is 23.2 Å². The molecule has 0 saturated heterocycles. The average Bonchev–Trinajstić information content (AvgIpc) is 2.10. The van der Waals surface area contributed by atoms with Crippen molar-refractivity contribution in [1.82, 2.24) is 4.98 Å². The number of hydrogen-bond donors (Lipinski definition) is 0. The number of rotatable bonds is 1. The van der Waals surface area contributed by atoms with Crippen LogP contribution in [0.15, 0.2) is 9.21 Å². The van der Waals surface area contributed by atoms with Crippen LogP contribution in [0.5, 0.6) is 0 Å². The molecular formula is C6H3Cl2NO4. The third-order valence-corrected chi connectivity index (χ3v) is 1.61. The van der Waals surface area contributed by atoms with Crippen LogP contribution in [-0.2, 0) is 4.74 Å². The van der Waals surface area contributed by atoms with Gasteiger partial charge in [-0.05, 0) is 0 Å². The molecule has 0 N–H and O–H groups in total. The number of nitrogens with zero attached hydrogens (tertiary/aromatic N) is 1. The Balaban J connectivity index is 3.32. The fourth-order valence-electron chi connectivity index (χ4n) is 0.578. The highest BCUT2D eigenvalue weighted by atomic mass is 35.5. The van der Waals surface area contributed by atoms with Gasteiger partial charge in [-0.15, -0.1) is 0 Å². The molecule has 0 spiro atoms. The van der Waals surface area contributed by atoms with Crippen LogP contribution in [0.4, 0.5) is 0 Å². The summed E-state index contributed by atoms with van der Waals surface area (Å²) in [6.07, 6.45) is 0. The maximum Gasteiger partial charge on any atom is 0.377 e. The van der Waals surface area contributed by atoms with Crippen molar-refractivity contribution < 1.29 is 13.9 Å². The van der Waals surface area contributed by atoms with Crippen LogP contribution >= 0.6 is 23.2 Å². The second-order valence-corrected chi connectivity index (χ2v) is 2.62. The number of carbonyl (C=O) groups excluding carboxylic acids is 1. The lowest BCUT2D eigenvalue weighted by atomic mass is 10.5. The number of carbonyl (C=O) groups is 1. The Labute approximate surface area is 82.2 Å². The zero-order valence-electron chi connectivity index (χ0n) is 6.34. The van der Waals surface area contributed by atoms with Gasteiger partial charge in [-0.25, -0.2) is 14.6 Å². The molecule has 70 valence electrons. The first-order valence-corrected chi connectivity index (χ1v) is 3.76. The highest BCUT2D eigenvalue weighted by Gasteiger charge is 2.17. The standard InChI is InChI=1S/C6H3Cl2NO4/c1-12-5(10)2-3(7)9-4(8)6(11)13-2/h1H3. The third kappa shape index (κ3) is 1.99. The Bertz CT molecular complexity index is 400.